The summed E-state index contributed by atoms with van der Waals surface area (Å²) in [7, 11) is 3.16. The van der Waals surface area contributed by atoms with E-state index in [2.05, 4.69) is 0 Å². The molecule has 1 aliphatic carbocycles. The molecule has 0 N–H and O–H groups in total. The Labute approximate surface area is 106 Å². The molecular weight excluding hydrogens is 238 g/mol. The zero-order chi connectivity index (χ0) is 12.5. The summed E-state index contributed by atoms with van der Waals surface area (Å²) in [6.07, 6.45) is 2.83. The molecule has 1 aromatic rings. The Morgan fingerprint density at radius 2 is 1.94 bits per heavy atom. The third-order valence-electron chi connectivity index (χ3n) is 3.57. The number of rotatable bonds is 3. The number of benzene rings is 1. The van der Waals surface area contributed by atoms with Crippen LogP contribution in [0.4, 0.5) is 0 Å². The highest BCUT2D eigenvalue weighted by molar-refractivity contribution is 6.30. The van der Waals surface area contributed by atoms with Crippen LogP contribution >= 0.6 is 11.6 Å². The van der Waals surface area contributed by atoms with Gasteiger partial charge in [-0.25, -0.2) is 5.06 Å². The fourth-order valence-electron chi connectivity index (χ4n) is 2.31. The molecule has 3 nitrogen and oxygen atoms in total. The van der Waals surface area contributed by atoms with Gasteiger partial charge in [-0.3, -0.25) is 9.63 Å². The van der Waals surface area contributed by atoms with Gasteiger partial charge in [0.15, 0.2) is 0 Å². The maximum absolute atomic E-state index is 12.3. The largest absolute Gasteiger partial charge is 0.275 e. The Balaban J connectivity index is 2.31. The van der Waals surface area contributed by atoms with E-state index in [-0.39, 0.29) is 5.91 Å². The van der Waals surface area contributed by atoms with Crippen LogP contribution in [0.3, 0.4) is 0 Å². The molecule has 0 aliphatic heterocycles. The van der Waals surface area contributed by atoms with Crippen LogP contribution in [-0.4, -0.2) is 25.1 Å². The van der Waals surface area contributed by atoms with Crippen molar-refractivity contribution in [2.45, 2.75) is 24.7 Å². The molecule has 1 aromatic carbocycles. The lowest BCUT2D eigenvalue weighted by atomic mass is 9.64. The molecular formula is C13H16ClNO2. The van der Waals surface area contributed by atoms with Crippen molar-refractivity contribution in [1.29, 1.82) is 0 Å². The van der Waals surface area contributed by atoms with Crippen molar-refractivity contribution in [3.05, 3.63) is 34.9 Å². The smallest absolute Gasteiger partial charge is 0.256 e. The van der Waals surface area contributed by atoms with Gasteiger partial charge in [-0.2, -0.15) is 0 Å². The van der Waals surface area contributed by atoms with Crippen LogP contribution in [0, 0.1) is 0 Å². The standard InChI is InChI=1S/C13H16ClNO2/c1-15(17-2)12(16)13(8-3-9-13)10-4-6-11(14)7-5-10/h4-7H,3,8-9H2,1-2H3. The van der Waals surface area contributed by atoms with E-state index in [1.807, 2.05) is 24.3 Å². The monoisotopic (exact) mass is 253 g/mol. The molecule has 1 amide bonds. The highest BCUT2D eigenvalue weighted by Crippen LogP contribution is 2.45. The summed E-state index contributed by atoms with van der Waals surface area (Å²) < 4.78 is 0. The van der Waals surface area contributed by atoms with Crippen molar-refractivity contribution in [3.63, 3.8) is 0 Å². The third kappa shape index (κ3) is 2.05. The van der Waals surface area contributed by atoms with Crippen LogP contribution in [0.2, 0.25) is 5.02 Å². The van der Waals surface area contributed by atoms with Crippen LogP contribution < -0.4 is 0 Å². The molecule has 1 aliphatic rings. The predicted octanol–water partition coefficient (Wildman–Crippen LogP) is 2.78. The minimum Gasteiger partial charge on any atom is -0.275 e. The average molecular weight is 254 g/mol. The molecule has 17 heavy (non-hydrogen) atoms. The van der Waals surface area contributed by atoms with Crippen LogP contribution in [0.15, 0.2) is 24.3 Å². The van der Waals surface area contributed by atoms with E-state index >= 15 is 0 Å². The van der Waals surface area contributed by atoms with Crippen LogP contribution in [0.5, 0.6) is 0 Å². The highest BCUT2D eigenvalue weighted by Gasteiger charge is 2.47. The van der Waals surface area contributed by atoms with E-state index in [9.17, 15) is 4.79 Å². The number of amides is 1. The molecule has 0 unspecified atom stereocenters. The topological polar surface area (TPSA) is 29.5 Å². The SMILES string of the molecule is CON(C)C(=O)C1(c2ccc(Cl)cc2)CCC1. The van der Waals surface area contributed by atoms with Gasteiger partial charge in [0.05, 0.1) is 12.5 Å². The summed E-state index contributed by atoms with van der Waals surface area (Å²) in [5, 5.41) is 2.00. The summed E-state index contributed by atoms with van der Waals surface area (Å²) >= 11 is 5.87. The first-order valence-corrected chi connectivity index (χ1v) is 6.06. The molecule has 1 fully saturated rings. The second kappa shape index (κ2) is 4.67. The van der Waals surface area contributed by atoms with Gasteiger partial charge in [-0.1, -0.05) is 30.2 Å². The Hall–Kier alpha value is -1.06. The van der Waals surface area contributed by atoms with Crippen molar-refractivity contribution in [1.82, 2.24) is 5.06 Å². The molecule has 0 bridgehead atoms. The summed E-state index contributed by atoms with van der Waals surface area (Å²) in [4.78, 5) is 17.3. The lowest BCUT2D eigenvalue weighted by molar-refractivity contribution is -0.179. The maximum atomic E-state index is 12.3. The number of likely N-dealkylation sites (N-methyl/N-ethyl adjacent to an activating group) is 1. The Morgan fingerprint density at radius 3 is 2.35 bits per heavy atom. The zero-order valence-corrected chi connectivity index (χ0v) is 10.8. The molecule has 0 saturated heterocycles. The van der Waals surface area contributed by atoms with Crippen molar-refractivity contribution in [2.24, 2.45) is 0 Å². The fourth-order valence-corrected chi connectivity index (χ4v) is 2.44. The van der Waals surface area contributed by atoms with Gasteiger partial charge in [0, 0.05) is 12.1 Å². The first-order valence-electron chi connectivity index (χ1n) is 5.68. The van der Waals surface area contributed by atoms with E-state index in [4.69, 9.17) is 16.4 Å². The molecule has 4 heteroatoms. The lowest BCUT2D eigenvalue weighted by Crippen LogP contribution is -2.49. The third-order valence-corrected chi connectivity index (χ3v) is 3.83. The van der Waals surface area contributed by atoms with E-state index in [0.717, 1.165) is 24.8 Å². The number of hydrogen-bond donors (Lipinski definition) is 0. The van der Waals surface area contributed by atoms with Gasteiger partial charge in [0.25, 0.3) is 5.91 Å². The number of halogens is 1. The van der Waals surface area contributed by atoms with Gasteiger partial charge < -0.3 is 0 Å². The van der Waals surface area contributed by atoms with Crippen molar-refractivity contribution >= 4 is 17.5 Å². The van der Waals surface area contributed by atoms with Gasteiger partial charge in [-0.15, -0.1) is 0 Å². The van der Waals surface area contributed by atoms with E-state index < -0.39 is 5.41 Å². The minimum atomic E-state index is -0.407. The molecule has 0 aromatic heterocycles. The first kappa shape index (κ1) is 12.4. The molecule has 0 radical (unpaired) electrons. The predicted molar refractivity (Wildman–Crippen MR) is 66.8 cm³/mol. The maximum Gasteiger partial charge on any atom is 0.256 e. The van der Waals surface area contributed by atoms with Crippen molar-refractivity contribution in [3.8, 4) is 0 Å². The molecule has 0 spiro atoms. The number of hydrogen-bond acceptors (Lipinski definition) is 2. The van der Waals surface area contributed by atoms with Crippen molar-refractivity contribution < 1.29 is 9.63 Å². The molecule has 0 atom stereocenters. The van der Waals surface area contributed by atoms with E-state index in [1.165, 1.54) is 12.2 Å². The van der Waals surface area contributed by atoms with Gasteiger partial charge in [0.1, 0.15) is 0 Å². The highest BCUT2D eigenvalue weighted by atomic mass is 35.5. The molecule has 1 saturated carbocycles. The minimum absolute atomic E-state index is 0.0218. The first-order chi connectivity index (χ1) is 8.10. The summed E-state index contributed by atoms with van der Waals surface area (Å²) in [6, 6.07) is 7.53. The van der Waals surface area contributed by atoms with E-state index in [0.29, 0.717) is 5.02 Å². The average Bonchev–Trinajstić information content (AvgIpc) is 2.29. The number of carbonyl (C=O) groups is 1. The lowest BCUT2D eigenvalue weighted by Gasteiger charge is -2.42. The van der Waals surface area contributed by atoms with Crippen LogP contribution in [-0.2, 0) is 15.0 Å². The fraction of sp³-hybridized carbons (Fsp3) is 0.462. The summed E-state index contributed by atoms with van der Waals surface area (Å²) in [5.41, 5.74) is 0.622. The number of nitrogens with zero attached hydrogens (tertiary/aromatic N) is 1. The van der Waals surface area contributed by atoms with Crippen LogP contribution in [0.1, 0.15) is 24.8 Å². The normalized spacial score (nSPS) is 17.4. The molecule has 92 valence electrons. The van der Waals surface area contributed by atoms with Crippen molar-refractivity contribution in [2.75, 3.05) is 14.2 Å². The second-order valence-electron chi connectivity index (χ2n) is 4.43. The number of carbonyl (C=O) groups excluding carboxylic acids is 1. The second-order valence-corrected chi connectivity index (χ2v) is 4.86. The Kier molecular flexibility index (Phi) is 3.40. The van der Waals surface area contributed by atoms with Gasteiger partial charge in [0.2, 0.25) is 0 Å². The Morgan fingerprint density at radius 1 is 1.35 bits per heavy atom. The van der Waals surface area contributed by atoms with Crippen LogP contribution in [0.25, 0.3) is 0 Å². The van der Waals surface area contributed by atoms with E-state index in [1.54, 1.807) is 7.05 Å². The number of hydroxylamine groups is 2. The van der Waals surface area contributed by atoms with Gasteiger partial charge in [-0.05, 0) is 30.5 Å². The quantitative estimate of drug-likeness (QED) is 0.776. The zero-order valence-electron chi connectivity index (χ0n) is 10.1. The Bertz CT molecular complexity index is 412. The van der Waals surface area contributed by atoms with Gasteiger partial charge >= 0.3 is 0 Å². The summed E-state index contributed by atoms with van der Waals surface area (Å²) in [5.74, 6) is 0.0218. The summed E-state index contributed by atoms with van der Waals surface area (Å²) in [6.45, 7) is 0. The molecule has 0 heterocycles. The molecule has 2 rings (SSSR count).